The number of nitrogens with one attached hydrogen (secondary N) is 1. The lowest BCUT2D eigenvalue weighted by Crippen LogP contribution is -1.91. The molecule has 0 aliphatic carbocycles. The van der Waals surface area contributed by atoms with Gasteiger partial charge >= 0.3 is 0 Å². The van der Waals surface area contributed by atoms with E-state index in [4.69, 9.17) is 10.5 Å². The lowest BCUT2D eigenvalue weighted by molar-refractivity contribution is 0.410. The number of H-pyrrole nitrogens is 1. The maximum Gasteiger partial charge on any atom is 0.172 e. The first-order valence-electron chi connectivity index (χ1n) is 5.75. The van der Waals surface area contributed by atoms with Gasteiger partial charge in [0.1, 0.15) is 12.1 Å². The predicted molar refractivity (Wildman–Crippen MR) is 98.6 cm³/mol. The fraction of sp³-hybridized carbons (Fsp3) is 0.0833. The van der Waals surface area contributed by atoms with Crippen LogP contribution in [0.4, 0.5) is 5.82 Å². The van der Waals surface area contributed by atoms with E-state index in [-0.39, 0.29) is 0 Å². The van der Waals surface area contributed by atoms with Gasteiger partial charge in [0.15, 0.2) is 22.1 Å². The van der Waals surface area contributed by atoms with Crippen molar-refractivity contribution in [3.05, 3.63) is 25.6 Å². The van der Waals surface area contributed by atoms with Gasteiger partial charge in [-0.05, 0) is 57.3 Å². The van der Waals surface area contributed by atoms with Gasteiger partial charge in [-0.15, -0.1) is 0 Å². The summed E-state index contributed by atoms with van der Waals surface area (Å²) >= 11 is 6.05. The number of rotatable bonds is 3. The molecule has 0 spiro atoms. The molecule has 0 amide bonds. The second-order valence-corrected chi connectivity index (χ2v) is 7.37. The number of aromatic nitrogens is 4. The van der Waals surface area contributed by atoms with Crippen LogP contribution in [0.1, 0.15) is 0 Å². The number of ether oxygens (including phenoxy) is 1. The molecule has 21 heavy (non-hydrogen) atoms. The SMILES string of the molecule is COc1cc(Sc2nc3c(N)ncnc3[nH]2)c(I)cc1I. The van der Waals surface area contributed by atoms with Crippen LogP contribution in [0.2, 0.25) is 0 Å². The van der Waals surface area contributed by atoms with Crippen molar-refractivity contribution in [2.75, 3.05) is 12.8 Å². The number of anilines is 1. The standard InChI is InChI=1S/C12H9I2N5OS/c1-20-7-3-8(6(14)2-5(7)13)21-12-18-9-10(15)16-4-17-11(9)19-12/h2-4H,1H3,(H3,15,16,17,18,19). The Morgan fingerprint density at radius 1 is 1.24 bits per heavy atom. The molecule has 0 saturated heterocycles. The largest absolute Gasteiger partial charge is 0.496 e. The van der Waals surface area contributed by atoms with Crippen LogP contribution in [0.15, 0.2) is 28.5 Å². The van der Waals surface area contributed by atoms with Gasteiger partial charge in [0.05, 0.1) is 10.7 Å². The van der Waals surface area contributed by atoms with Gasteiger partial charge in [-0.3, -0.25) is 0 Å². The Hall–Kier alpha value is -0.820. The van der Waals surface area contributed by atoms with E-state index in [1.165, 1.54) is 18.1 Å². The molecule has 0 atom stereocenters. The molecule has 0 aliphatic rings. The Labute approximate surface area is 152 Å². The van der Waals surface area contributed by atoms with Crippen molar-refractivity contribution in [2.24, 2.45) is 0 Å². The Morgan fingerprint density at radius 2 is 2.05 bits per heavy atom. The molecule has 0 radical (unpaired) electrons. The van der Waals surface area contributed by atoms with E-state index >= 15 is 0 Å². The van der Waals surface area contributed by atoms with Gasteiger partial charge < -0.3 is 15.5 Å². The third kappa shape index (κ3) is 3.04. The number of nitrogen functional groups attached to an aromatic ring is 1. The number of benzene rings is 1. The zero-order valence-electron chi connectivity index (χ0n) is 10.7. The number of nitrogens with two attached hydrogens (primary N) is 1. The van der Waals surface area contributed by atoms with E-state index in [1.807, 2.05) is 6.07 Å². The monoisotopic (exact) mass is 525 g/mol. The zero-order chi connectivity index (χ0) is 15.0. The molecule has 6 nitrogen and oxygen atoms in total. The molecule has 0 unspecified atom stereocenters. The minimum atomic E-state index is 0.373. The van der Waals surface area contributed by atoms with Crippen molar-refractivity contribution in [1.82, 2.24) is 19.9 Å². The summed E-state index contributed by atoms with van der Waals surface area (Å²) in [7, 11) is 1.66. The van der Waals surface area contributed by atoms with Crippen molar-refractivity contribution in [3.8, 4) is 5.75 Å². The average Bonchev–Trinajstić information content (AvgIpc) is 2.86. The summed E-state index contributed by atoms with van der Waals surface area (Å²) < 4.78 is 7.56. The van der Waals surface area contributed by atoms with Crippen molar-refractivity contribution >= 4 is 73.9 Å². The number of halogens is 2. The molecule has 0 saturated carbocycles. The highest BCUT2D eigenvalue weighted by Crippen LogP contribution is 2.35. The Balaban J connectivity index is 2.00. The summed E-state index contributed by atoms with van der Waals surface area (Å²) in [5.74, 6) is 1.21. The second-order valence-electron chi connectivity index (χ2n) is 4.02. The first-order chi connectivity index (χ1) is 10.1. The van der Waals surface area contributed by atoms with Crippen molar-refractivity contribution < 1.29 is 4.74 Å². The van der Waals surface area contributed by atoms with E-state index in [1.54, 1.807) is 7.11 Å². The van der Waals surface area contributed by atoms with E-state index < -0.39 is 0 Å². The van der Waals surface area contributed by atoms with Gasteiger partial charge in [-0.1, -0.05) is 11.8 Å². The van der Waals surface area contributed by atoms with Gasteiger partial charge in [0.2, 0.25) is 0 Å². The highest BCUT2D eigenvalue weighted by atomic mass is 127. The molecule has 2 heterocycles. The fourth-order valence-corrected chi connectivity index (χ4v) is 4.62. The summed E-state index contributed by atoms with van der Waals surface area (Å²) in [6.45, 7) is 0. The maximum absolute atomic E-state index is 5.79. The molecule has 0 bridgehead atoms. The summed E-state index contributed by atoms with van der Waals surface area (Å²) in [4.78, 5) is 16.7. The summed E-state index contributed by atoms with van der Waals surface area (Å²) in [5, 5.41) is 0.721. The molecule has 3 rings (SSSR count). The van der Waals surface area contributed by atoms with Crippen LogP contribution in [0.3, 0.4) is 0 Å². The topological polar surface area (TPSA) is 89.7 Å². The Bertz CT molecular complexity index is 823. The predicted octanol–water partition coefficient (Wildman–Crippen LogP) is 3.30. The molecule has 2 aromatic heterocycles. The molecule has 0 aliphatic heterocycles. The molecule has 3 aromatic rings. The first-order valence-corrected chi connectivity index (χ1v) is 8.73. The molecular weight excluding hydrogens is 516 g/mol. The molecule has 1 aromatic carbocycles. The normalized spacial score (nSPS) is 11.0. The average molecular weight is 525 g/mol. The molecular formula is C12H9I2N5OS. The van der Waals surface area contributed by atoms with Crippen LogP contribution in [-0.2, 0) is 0 Å². The van der Waals surface area contributed by atoms with Gasteiger partial charge in [-0.25, -0.2) is 15.0 Å². The van der Waals surface area contributed by atoms with Gasteiger partial charge in [0, 0.05) is 8.47 Å². The number of hydrogen-bond donors (Lipinski definition) is 2. The molecule has 3 N–H and O–H groups in total. The Morgan fingerprint density at radius 3 is 2.76 bits per heavy atom. The maximum atomic E-state index is 5.79. The van der Waals surface area contributed by atoms with Crippen LogP contribution >= 0.6 is 56.9 Å². The van der Waals surface area contributed by atoms with E-state index in [9.17, 15) is 0 Å². The van der Waals surface area contributed by atoms with Crippen LogP contribution < -0.4 is 10.5 Å². The zero-order valence-corrected chi connectivity index (χ0v) is 15.9. The van der Waals surface area contributed by atoms with E-state index in [2.05, 4.69) is 71.2 Å². The number of methoxy groups -OCH3 is 1. The number of hydrogen-bond acceptors (Lipinski definition) is 6. The van der Waals surface area contributed by atoms with E-state index in [0.29, 0.717) is 17.0 Å². The number of nitrogens with zero attached hydrogens (tertiary/aromatic N) is 3. The Kier molecular flexibility index (Phi) is 4.40. The second kappa shape index (κ2) is 6.12. The van der Waals surface area contributed by atoms with Crippen LogP contribution in [0, 0.1) is 7.14 Å². The first kappa shape index (κ1) is 15.1. The molecule has 108 valence electrons. The highest BCUT2D eigenvalue weighted by Gasteiger charge is 2.12. The third-order valence-electron chi connectivity index (χ3n) is 2.70. The lowest BCUT2D eigenvalue weighted by atomic mass is 10.3. The number of fused-ring (bicyclic) bond motifs is 1. The molecule has 9 heteroatoms. The van der Waals surface area contributed by atoms with Crippen molar-refractivity contribution in [2.45, 2.75) is 10.1 Å². The minimum Gasteiger partial charge on any atom is -0.496 e. The fourth-order valence-electron chi connectivity index (χ4n) is 1.72. The summed E-state index contributed by atoms with van der Waals surface area (Å²) in [6, 6.07) is 4.07. The van der Waals surface area contributed by atoms with E-state index in [0.717, 1.165) is 22.9 Å². The smallest absolute Gasteiger partial charge is 0.172 e. The summed E-state index contributed by atoms with van der Waals surface area (Å²) in [5.41, 5.74) is 7.02. The van der Waals surface area contributed by atoms with Crippen molar-refractivity contribution in [3.63, 3.8) is 0 Å². The minimum absolute atomic E-state index is 0.373. The lowest BCUT2D eigenvalue weighted by Gasteiger charge is -2.07. The number of aromatic amines is 1. The van der Waals surface area contributed by atoms with Gasteiger partial charge in [0.25, 0.3) is 0 Å². The third-order valence-corrected chi connectivity index (χ3v) is 5.75. The van der Waals surface area contributed by atoms with Gasteiger partial charge in [-0.2, -0.15) is 0 Å². The summed E-state index contributed by atoms with van der Waals surface area (Å²) in [6.07, 6.45) is 1.42. The van der Waals surface area contributed by atoms with Crippen LogP contribution in [0.25, 0.3) is 11.2 Å². The van der Waals surface area contributed by atoms with Crippen molar-refractivity contribution in [1.29, 1.82) is 0 Å². The quantitative estimate of drug-likeness (QED) is 0.511. The van der Waals surface area contributed by atoms with Crippen LogP contribution in [-0.4, -0.2) is 27.0 Å². The molecule has 0 fully saturated rings. The van der Waals surface area contributed by atoms with Crippen LogP contribution in [0.5, 0.6) is 5.75 Å². The highest BCUT2D eigenvalue weighted by molar-refractivity contribution is 14.1. The number of imidazole rings is 1.